The molecule has 14 heavy (non-hydrogen) atoms. The molecule has 2 rings (SSSR count). The van der Waals surface area contributed by atoms with Crippen molar-refractivity contribution in [1.29, 1.82) is 0 Å². The fourth-order valence-corrected chi connectivity index (χ4v) is 2.21. The number of hydrogen-bond donors (Lipinski definition) is 2. The summed E-state index contributed by atoms with van der Waals surface area (Å²) < 4.78 is 0. The lowest BCUT2D eigenvalue weighted by atomic mass is 10.0. The van der Waals surface area contributed by atoms with Crippen LogP contribution in [0.5, 0.6) is 0 Å². The van der Waals surface area contributed by atoms with Crippen LogP contribution in [0, 0.1) is 0 Å². The third kappa shape index (κ3) is 2.38. The van der Waals surface area contributed by atoms with Gasteiger partial charge in [-0.1, -0.05) is 6.42 Å². The van der Waals surface area contributed by atoms with E-state index in [0.717, 1.165) is 32.6 Å². The van der Waals surface area contributed by atoms with Crippen LogP contribution in [0.1, 0.15) is 25.7 Å². The van der Waals surface area contributed by atoms with Crippen molar-refractivity contribution in [3.63, 3.8) is 0 Å². The van der Waals surface area contributed by atoms with E-state index in [4.69, 9.17) is 0 Å². The zero-order chi connectivity index (χ0) is 9.80. The van der Waals surface area contributed by atoms with E-state index >= 15 is 0 Å². The topological polar surface area (TPSA) is 44.4 Å². The largest absolute Gasteiger partial charge is 0.336 e. The van der Waals surface area contributed by atoms with Crippen molar-refractivity contribution in [3.8, 4) is 0 Å². The Morgan fingerprint density at radius 2 is 2.29 bits per heavy atom. The van der Waals surface area contributed by atoms with Gasteiger partial charge < -0.3 is 15.5 Å². The van der Waals surface area contributed by atoms with Gasteiger partial charge in [-0.25, -0.2) is 4.79 Å². The van der Waals surface area contributed by atoms with Gasteiger partial charge in [-0.15, -0.1) is 0 Å². The van der Waals surface area contributed by atoms with Crippen LogP contribution in [-0.4, -0.2) is 43.2 Å². The third-order valence-electron chi connectivity index (χ3n) is 3.11. The minimum atomic E-state index is 0.112. The summed E-state index contributed by atoms with van der Waals surface area (Å²) in [6.07, 6.45) is 5.02. The van der Waals surface area contributed by atoms with E-state index in [-0.39, 0.29) is 6.03 Å². The van der Waals surface area contributed by atoms with E-state index < -0.39 is 0 Å². The molecule has 2 aliphatic rings. The highest BCUT2D eigenvalue weighted by atomic mass is 16.2. The van der Waals surface area contributed by atoms with E-state index in [2.05, 4.69) is 10.6 Å². The molecule has 0 aromatic carbocycles. The molecule has 2 amide bonds. The fourth-order valence-electron chi connectivity index (χ4n) is 2.21. The number of carbonyl (C=O) groups excluding carboxylic acids is 1. The van der Waals surface area contributed by atoms with Crippen LogP contribution in [0.25, 0.3) is 0 Å². The first-order chi connectivity index (χ1) is 6.86. The zero-order valence-electron chi connectivity index (χ0n) is 8.59. The summed E-state index contributed by atoms with van der Waals surface area (Å²) in [6, 6.07) is 0.748. The van der Waals surface area contributed by atoms with Gasteiger partial charge in [0.05, 0.1) is 0 Å². The monoisotopic (exact) mass is 197 g/mol. The molecule has 2 aliphatic heterocycles. The molecular weight excluding hydrogens is 178 g/mol. The molecule has 0 aromatic rings. The number of carbonyl (C=O) groups is 1. The Morgan fingerprint density at radius 1 is 1.36 bits per heavy atom. The standard InChI is InChI=1S/C10H19N3O/c14-10-12-6-8-13(10)7-4-9-3-1-2-5-11-9/h9,11H,1-8H2,(H,12,14). The zero-order valence-corrected chi connectivity index (χ0v) is 8.59. The highest BCUT2D eigenvalue weighted by Crippen LogP contribution is 2.11. The van der Waals surface area contributed by atoms with Crippen molar-refractivity contribution in [2.24, 2.45) is 0 Å². The second kappa shape index (κ2) is 4.64. The van der Waals surface area contributed by atoms with Crippen LogP contribution >= 0.6 is 0 Å². The molecule has 4 nitrogen and oxygen atoms in total. The van der Waals surface area contributed by atoms with E-state index in [0.29, 0.717) is 6.04 Å². The van der Waals surface area contributed by atoms with Crippen LogP contribution in [0.15, 0.2) is 0 Å². The summed E-state index contributed by atoms with van der Waals surface area (Å²) in [7, 11) is 0. The molecule has 0 bridgehead atoms. The van der Waals surface area contributed by atoms with Gasteiger partial charge >= 0.3 is 6.03 Å². The smallest absolute Gasteiger partial charge is 0.317 e. The third-order valence-corrected chi connectivity index (χ3v) is 3.11. The van der Waals surface area contributed by atoms with E-state index in [1.54, 1.807) is 0 Å². The molecule has 0 aromatic heterocycles. The van der Waals surface area contributed by atoms with Gasteiger partial charge in [0.25, 0.3) is 0 Å². The fraction of sp³-hybridized carbons (Fsp3) is 0.900. The number of amides is 2. The second-order valence-electron chi connectivity index (χ2n) is 4.15. The molecule has 1 unspecified atom stereocenters. The predicted molar refractivity (Wildman–Crippen MR) is 55.2 cm³/mol. The highest BCUT2D eigenvalue weighted by Gasteiger charge is 2.20. The van der Waals surface area contributed by atoms with Crippen molar-refractivity contribution in [2.45, 2.75) is 31.7 Å². The second-order valence-corrected chi connectivity index (χ2v) is 4.15. The van der Waals surface area contributed by atoms with Gasteiger partial charge in [0.2, 0.25) is 0 Å². The van der Waals surface area contributed by atoms with Gasteiger partial charge in [0, 0.05) is 25.7 Å². The Bertz CT molecular complexity index is 202. The van der Waals surface area contributed by atoms with Crippen molar-refractivity contribution >= 4 is 6.03 Å². The molecule has 0 spiro atoms. The van der Waals surface area contributed by atoms with E-state index in [1.807, 2.05) is 4.90 Å². The molecule has 2 N–H and O–H groups in total. The van der Waals surface area contributed by atoms with E-state index in [9.17, 15) is 4.79 Å². The average Bonchev–Trinajstić information content (AvgIpc) is 2.63. The summed E-state index contributed by atoms with van der Waals surface area (Å²) in [4.78, 5) is 13.2. The lowest BCUT2D eigenvalue weighted by molar-refractivity contribution is 0.213. The lowest BCUT2D eigenvalue weighted by Gasteiger charge is -2.25. The number of rotatable bonds is 3. The van der Waals surface area contributed by atoms with Crippen LogP contribution in [0.4, 0.5) is 4.79 Å². The Hall–Kier alpha value is -0.770. The molecule has 2 fully saturated rings. The first-order valence-corrected chi connectivity index (χ1v) is 5.62. The Balaban J connectivity index is 1.68. The average molecular weight is 197 g/mol. The maximum Gasteiger partial charge on any atom is 0.317 e. The molecule has 2 heterocycles. The summed E-state index contributed by atoms with van der Waals surface area (Å²) in [5, 5.41) is 6.32. The molecule has 1 atom stereocenters. The number of urea groups is 1. The van der Waals surface area contributed by atoms with Gasteiger partial charge in [-0.3, -0.25) is 0 Å². The SMILES string of the molecule is O=C1NCCN1CCC1CCCCN1. The summed E-state index contributed by atoms with van der Waals surface area (Å²) in [6.45, 7) is 3.75. The van der Waals surface area contributed by atoms with Gasteiger partial charge in [-0.2, -0.15) is 0 Å². The number of hydrogen-bond acceptors (Lipinski definition) is 2. The number of nitrogens with zero attached hydrogens (tertiary/aromatic N) is 1. The summed E-state index contributed by atoms with van der Waals surface area (Å²) in [5.41, 5.74) is 0. The molecule has 0 saturated carbocycles. The molecule has 2 saturated heterocycles. The van der Waals surface area contributed by atoms with Crippen molar-refractivity contribution in [2.75, 3.05) is 26.2 Å². The Morgan fingerprint density at radius 3 is 2.93 bits per heavy atom. The minimum Gasteiger partial charge on any atom is -0.336 e. The van der Waals surface area contributed by atoms with Crippen molar-refractivity contribution < 1.29 is 4.79 Å². The molecule has 0 radical (unpaired) electrons. The normalized spacial score (nSPS) is 27.9. The van der Waals surface area contributed by atoms with Gasteiger partial charge in [0.1, 0.15) is 0 Å². The van der Waals surface area contributed by atoms with E-state index in [1.165, 1.54) is 19.3 Å². The molecule has 0 aliphatic carbocycles. The van der Waals surface area contributed by atoms with Crippen LogP contribution in [0.2, 0.25) is 0 Å². The van der Waals surface area contributed by atoms with Crippen LogP contribution in [-0.2, 0) is 0 Å². The minimum absolute atomic E-state index is 0.112. The number of piperidine rings is 1. The van der Waals surface area contributed by atoms with Crippen molar-refractivity contribution in [3.05, 3.63) is 0 Å². The highest BCUT2D eigenvalue weighted by molar-refractivity contribution is 5.76. The molecule has 80 valence electrons. The number of nitrogens with one attached hydrogen (secondary N) is 2. The quantitative estimate of drug-likeness (QED) is 0.693. The lowest BCUT2D eigenvalue weighted by Crippen LogP contribution is -2.38. The van der Waals surface area contributed by atoms with Crippen LogP contribution in [0.3, 0.4) is 0 Å². The predicted octanol–water partition coefficient (Wildman–Crippen LogP) is 0.544. The maximum absolute atomic E-state index is 11.2. The first-order valence-electron chi connectivity index (χ1n) is 5.62. The Kier molecular flexibility index (Phi) is 3.24. The summed E-state index contributed by atoms with van der Waals surface area (Å²) >= 11 is 0. The molecule has 4 heteroatoms. The molecular formula is C10H19N3O. The summed E-state index contributed by atoms with van der Waals surface area (Å²) in [5.74, 6) is 0. The van der Waals surface area contributed by atoms with Gasteiger partial charge in [-0.05, 0) is 25.8 Å². The van der Waals surface area contributed by atoms with Crippen molar-refractivity contribution in [1.82, 2.24) is 15.5 Å². The van der Waals surface area contributed by atoms with Crippen LogP contribution < -0.4 is 10.6 Å². The van der Waals surface area contributed by atoms with Gasteiger partial charge in [0.15, 0.2) is 0 Å². The maximum atomic E-state index is 11.2. The first kappa shape index (κ1) is 9.77. The Labute approximate surface area is 85.0 Å².